The lowest BCUT2D eigenvalue weighted by atomic mass is 9.71. The Hall–Kier alpha value is -0.300. The van der Waals surface area contributed by atoms with E-state index < -0.39 is 5.60 Å². The Morgan fingerprint density at radius 1 is 1.25 bits per heavy atom. The molecule has 16 heavy (non-hydrogen) atoms. The summed E-state index contributed by atoms with van der Waals surface area (Å²) in [6.45, 7) is 8.69. The molecular weight excluding hydrogens is 196 g/mol. The lowest BCUT2D eigenvalue weighted by Gasteiger charge is -2.33. The van der Waals surface area contributed by atoms with Crippen LogP contribution in [-0.2, 0) is 0 Å². The summed E-state index contributed by atoms with van der Waals surface area (Å²) in [6.07, 6.45) is 8.31. The highest BCUT2D eigenvalue weighted by atomic mass is 16.3. The monoisotopic (exact) mass is 220 g/mol. The molecule has 1 heteroatoms. The molecule has 0 aliphatic heterocycles. The van der Waals surface area contributed by atoms with E-state index in [1.165, 1.54) is 12.8 Å². The first-order chi connectivity index (χ1) is 7.29. The molecule has 4 aliphatic carbocycles. The largest absolute Gasteiger partial charge is 0.386 e. The van der Waals surface area contributed by atoms with Gasteiger partial charge in [0.05, 0.1) is 5.60 Å². The molecule has 4 aliphatic rings. The van der Waals surface area contributed by atoms with Gasteiger partial charge in [-0.25, -0.2) is 0 Å². The Morgan fingerprint density at radius 3 is 2.19 bits per heavy atom. The highest BCUT2D eigenvalue weighted by Crippen LogP contribution is 2.86. The van der Waals surface area contributed by atoms with Crippen molar-refractivity contribution < 1.29 is 5.11 Å². The summed E-state index contributed by atoms with van der Waals surface area (Å²) in [5.41, 5.74) is 0.507. The number of allylic oxidation sites excluding steroid dienone is 1. The maximum atomic E-state index is 9.71. The van der Waals surface area contributed by atoms with Crippen LogP contribution in [0.3, 0.4) is 0 Å². The van der Waals surface area contributed by atoms with Gasteiger partial charge in [-0.15, -0.1) is 0 Å². The smallest absolute Gasteiger partial charge is 0.0771 e. The third-order valence-corrected chi connectivity index (χ3v) is 6.19. The summed E-state index contributed by atoms with van der Waals surface area (Å²) in [4.78, 5) is 0. The van der Waals surface area contributed by atoms with Gasteiger partial charge in [0.15, 0.2) is 0 Å². The fourth-order valence-electron chi connectivity index (χ4n) is 5.01. The summed E-state index contributed by atoms with van der Waals surface area (Å²) in [6, 6.07) is 0. The Bertz CT molecular complexity index is 337. The summed E-state index contributed by atoms with van der Waals surface area (Å²) < 4.78 is 0. The molecule has 4 rings (SSSR count). The van der Waals surface area contributed by atoms with E-state index >= 15 is 0 Å². The van der Waals surface area contributed by atoms with Crippen LogP contribution in [-0.4, -0.2) is 10.7 Å². The quantitative estimate of drug-likeness (QED) is 0.723. The van der Waals surface area contributed by atoms with Crippen molar-refractivity contribution in [1.82, 2.24) is 0 Å². The molecule has 90 valence electrons. The van der Waals surface area contributed by atoms with Gasteiger partial charge in [-0.2, -0.15) is 0 Å². The van der Waals surface area contributed by atoms with E-state index in [9.17, 15) is 5.11 Å². The van der Waals surface area contributed by atoms with Gasteiger partial charge in [0.25, 0.3) is 0 Å². The van der Waals surface area contributed by atoms with Crippen molar-refractivity contribution >= 4 is 0 Å². The molecule has 0 aromatic rings. The van der Waals surface area contributed by atoms with Crippen molar-refractivity contribution in [2.75, 3.05) is 0 Å². The van der Waals surface area contributed by atoms with Gasteiger partial charge in [0, 0.05) is 0 Å². The third-order valence-electron chi connectivity index (χ3n) is 6.19. The highest BCUT2D eigenvalue weighted by molar-refractivity contribution is 5.29. The number of hydrogen-bond acceptors (Lipinski definition) is 1. The van der Waals surface area contributed by atoms with Crippen LogP contribution in [0.25, 0.3) is 0 Å². The minimum atomic E-state index is -0.651. The van der Waals surface area contributed by atoms with Crippen LogP contribution < -0.4 is 0 Å². The van der Waals surface area contributed by atoms with E-state index in [2.05, 4.69) is 19.9 Å². The zero-order chi connectivity index (χ0) is 11.8. The van der Waals surface area contributed by atoms with Gasteiger partial charge in [0.1, 0.15) is 0 Å². The second-order valence-electron chi connectivity index (χ2n) is 7.34. The van der Waals surface area contributed by atoms with Crippen LogP contribution in [0.5, 0.6) is 0 Å². The first kappa shape index (κ1) is 10.8. The normalized spacial score (nSPS) is 53.9. The predicted octanol–water partition coefficient (Wildman–Crippen LogP) is 3.39. The molecular formula is C15H24O. The topological polar surface area (TPSA) is 20.2 Å². The molecule has 0 aromatic heterocycles. The highest BCUT2D eigenvalue weighted by Gasteiger charge is 2.80. The summed E-state index contributed by atoms with van der Waals surface area (Å²) in [7, 11) is 0. The van der Waals surface area contributed by atoms with E-state index in [0.717, 1.165) is 24.2 Å². The molecule has 0 saturated heterocycles. The van der Waals surface area contributed by atoms with Crippen molar-refractivity contribution in [2.45, 2.75) is 52.6 Å². The standard InChI is InChI=1S/C15H24O/c1-13(2,16)6-5-7-14(3)10-8-11-12(9-10)15(11,14)4/h5-6,10-12,16H,7-9H2,1-4H3/b6-5+/t10?,11-,12+,14-,15?/m1/s1. The molecule has 0 spiro atoms. The van der Waals surface area contributed by atoms with E-state index in [1.807, 2.05) is 19.9 Å². The Labute approximate surface area is 98.9 Å². The first-order valence-corrected chi connectivity index (χ1v) is 6.69. The maximum Gasteiger partial charge on any atom is 0.0771 e. The van der Waals surface area contributed by atoms with Crippen LogP contribution in [0.2, 0.25) is 0 Å². The van der Waals surface area contributed by atoms with E-state index in [4.69, 9.17) is 0 Å². The zero-order valence-corrected chi connectivity index (χ0v) is 11.0. The van der Waals surface area contributed by atoms with Gasteiger partial charge in [-0.05, 0) is 61.7 Å². The molecule has 1 N–H and O–H groups in total. The van der Waals surface area contributed by atoms with Crippen molar-refractivity contribution in [3.05, 3.63) is 12.2 Å². The van der Waals surface area contributed by atoms with E-state index in [-0.39, 0.29) is 0 Å². The van der Waals surface area contributed by atoms with Crippen molar-refractivity contribution in [1.29, 1.82) is 0 Å². The SMILES string of the molecule is CC(C)(O)/C=C/C[C@]1(C)C2C[C@@H]3[C@H](C2)C31C. The van der Waals surface area contributed by atoms with Crippen LogP contribution in [0.4, 0.5) is 0 Å². The van der Waals surface area contributed by atoms with Gasteiger partial charge in [0.2, 0.25) is 0 Å². The Morgan fingerprint density at radius 2 is 1.81 bits per heavy atom. The summed E-state index contributed by atoms with van der Waals surface area (Å²) in [5.74, 6) is 3.04. The molecule has 4 saturated carbocycles. The fraction of sp³-hybridized carbons (Fsp3) is 0.867. The van der Waals surface area contributed by atoms with E-state index in [0.29, 0.717) is 10.8 Å². The van der Waals surface area contributed by atoms with Gasteiger partial charge >= 0.3 is 0 Å². The molecule has 0 heterocycles. The van der Waals surface area contributed by atoms with Gasteiger partial charge in [-0.1, -0.05) is 26.0 Å². The second-order valence-corrected chi connectivity index (χ2v) is 7.34. The van der Waals surface area contributed by atoms with Crippen LogP contribution >= 0.6 is 0 Å². The lowest BCUT2D eigenvalue weighted by Crippen LogP contribution is -2.26. The predicted molar refractivity (Wildman–Crippen MR) is 66.0 cm³/mol. The summed E-state index contributed by atoms with van der Waals surface area (Å²) >= 11 is 0. The van der Waals surface area contributed by atoms with Crippen LogP contribution in [0.15, 0.2) is 12.2 Å². The van der Waals surface area contributed by atoms with Gasteiger partial charge < -0.3 is 5.11 Å². The molecule has 2 unspecified atom stereocenters. The van der Waals surface area contributed by atoms with Crippen LogP contribution in [0.1, 0.15) is 47.0 Å². The third kappa shape index (κ3) is 1.11. The molecule has 0 aromatic carbocycles. The molecule has 5 atom stereocenters. The Balaban J connectivity index is 1.75. The zero-order valence-electron chi connectivity index (χ0n) is 11.0. The van der Waals surface area contributed by atoms with Crippen LogP contribution in [0, 0.1) is 28.6 Å². The number of hydrogen-bond donors (Lipinski definition) is 1. The first-order valence-electron chi connectivity index (χ1n) is 6.69. The maximum absolute atomic E-state index is 9.71. The van der Waals surface area contributed by atoms with Crippen molar-refractivity contribution in [2.24, 2.45) is 28.6 Å². The molecule has 0 amide bonds. The molecule has 4 fully saturated rings. The van der Waals surface area contributed by atoms with Gasteiger partial charge in [-0.3, -0.25) is 0 Å². The average molecular weight is 220 g/mol. The molecule has 4 bridgehead atoms. The lowest BCUT2D eigenvalue weighted by molar-refractivity contribution is 0.130. The fourth-order valence-corrected chi connectivity index (χ4v) is 5.01. The average Bonchev–Trinajstić information content (AvgIpc) is 2.51. The number of aliphatic hydroxyl groups is 1. The Kier molecular flexibility index (Phi) is 1.86. The minimum Gasteiger partial charge on any atom is -0.386 e. The number of rotatable bonds is 3. The molecule has 0 radical (unpaired) electrons. The van der Waals surface area contributed by atoms with Crippen molar-refractivity contribution in [3.63, 3.8) is 0 Å². The van der Waals surface area contributed by atoms with Crippen molar-refractivity contribution in [3.8, 4) is 0 Å². The minimum absolute atomic E-state index is 0.518. The summed E-state index contributed by atoms with van der Waals surface area (Å²) in [5, 5.41) is 9.71. The van der Waals surface area contributed by atoms with E-state index in [1.54, 1.807) is 0 Å². The molecule has 1 nitrogen and oxygen atoms in total. The second kappa shape index (κ2) is 2.75.